The number of hydrogen-bond acceptors (Lipinski definition) is 3. The molecule has 6 heteroatoms. The number of carbonyl (C=O) groups excluding carboxylic acids is 2. The summed E-state index contributed by atoms with van der Waals surface area (Å²) >= 11 is 0. The lowest BCUT2D eigenvalue weighted by Crippen LogP contribution is -2.48. The summed E-state index contributed by atoms with van der Waals surface area (Å²) in [4.78, 5) is 26.9. The first-order valence-electron chi connectivity index (χ1n) is 9.73. The Balaban J connectivity index is 1.38. The van der Waals surface area contributed by atoms with Gasteiger partial charge in [0.2, 0.25) is 11.8 Å². The van der Waals surface area contributed by atoms with E-state index in [0.29, 0.717) is 18.9 Å². The number of carbonyl (C=O) groups is 2. The molecule has 0 aromatic carbocycles. The van der Waals surface area contributed by atoms with Crippen LogP contribution in [-0.2, 0) is 23.2 Å². The third-order valence-electron chi connectivity index (χ3n) is 5.98. The van der Waals surface area contributed by atoms with Gasteiger partial charge in [-0.2, -0.15) is 5.10 Å². The maximum absolute atomic E-state index is 12.8. The van der Waals surface area contributed by atoms with E-state index in [0.717, 1.165) is 44.3 Å². The molecule has 1 N–H and O–H groups in total. The average molecular weight is 344 g/mol. The lowest BCUT2D eigenvalue weighted by Gasteiger charge is -2.37. The minimum atomic E-state index is -0.0672. The zero-order chi connectivity index (χ0) is 17.4. The first-order chi connectivity index (χ1) is 12.1. The van der Waals surface area contributed by atoms with E-state index in [1.165, 1.54) is 18.5 Å². The normalized spacial score (nSPS) is 26.9. The van der Waals surface area contributed by atoms with Crippen LogP contribution < -0.4 is 5.32 Å². The molecule has 0 bridgehead atoms. The molecule has 2 heterocycles. The van der Waals surface area contributed by atoms with Crippen molar-refractivity contribution in [3.05, 3.63) is 17.5 Å². The summed E-state index contributed by atoms with van der Waals surface area (Å²) in [5.74, 6) is 0.903. The Morgan fingerprint density at radius 2 is 2.04 bits per heavy atom. The van der Waals surface area contributed by atoms with Gasteiger partial charge in [-0.25, -0.2) is 0 Å². The molecule has 0 spiro atoms. The lowest BCUT2D eigenvalue weighted by molar-refractivity contribution is -0.135. The van der Waals surface area contributed by atoms with E-state index in [2.05, 4.69) is 16.5 Å². The lowest BCUT2D eigenvalue weighted by atomic mass is 9.83. The summed E-state index contributed by atoms with van der Waals surface area (Å²) in [5, 5.41) is 7.62. The molecular weight excluding hydrogens is 316 g/mol. The number of aryl methyl sites for hydroxylation is 1. The first kappa shape index (κ1) is 16.6. The molecule has 6 nitrogen and oxygen atoms in total. The van der Waals surface area contributed by atoms with E-state index in [-0.39, 0.29) is 23.8 Å². The van der Waals surface area contributed by atoms with Crippen LogP contribution in [-0.4, -0.2) is 39.1 Å². The Labute approximate surface area is 148 Å². The molecule has 1 aromatic rings. The van der Waals surface area contributed by atoms with E-state index in [4.69, 9.17) is 0 Å². The van der Waals surface area contributed by atoms with Gasteiger partial charge in [-0.05, 0) is 38.2 Å². The van der Waals surface area contributed by atoms with Crippen LogP contribution in [0.2, 0.25) is 0 Å². The van der Waals surface area contributed by atoms with Crippen LogP contribution in [0.25, 0.3) is 0 Å². The largest absolute Gasteiger partial charge is 0.350 e. The first-order valence-corrected chi connectivity index (χ1v) is 9.73. The number of nitrogens with one attached hydrogen (secondary N) is 1. The summed E-state index contributed by atoms with van der Waals surface area (Å²) in [6.45, 7) is 1.30. The monoisotopic (exact) mass is 344 g/mol. The molecule has 2 aliphatic carbocycles. The fourth-order valence-electron chi connectivity index (χ4n) is 4.51. The Morgan fingerprint density at radius 3 is 2.76 bits per heavy atom. The third-order valence-corrected chi connectivity index (χ3v) is 5.98. The average Bonchev–Trinajstić information content (AvgIpc) is 3.26. The molecule has 1 aromatic heterocycles. The SMILES string of the molecule is Cn1nc(CNC(=O)[C@@H]2CCCC[C@@H]2N2CCCC2=O)cc1C1CC1. The summed E-state index contributed by atoms with van der Waals surface area (Å²) in [7, 11) is 1.98. The highest BCUT2D eigenvalue weighted by Crippen LogP contribution is 2.40. The van der Waals surface area contributed by atoms with Gasteiger partial charge >= 0.3 is 0 Å². The molecule has 1 saturated heterocycles. The van der Waals surface area contributed by atoms with Crippen molar-refractivity contribution in [2.45, 2.75) is 69.9 Å². The van der Waals surface area contributed by atoms with Gasteiger partial charge in [-0.3, -0.25) is 14.3 Å². The minimum Gasteiger partial charge on any atom is -0.350 e. The number of likely N-dealkylation sites (tertiary alicyclic amines) is 1. The highest BCUT2D eigenvalue weighted by molar-refractivity contribution is 5.82. The van der Waals surface area contributed by atoms with Gasteiger partial charge in [0.25, 0.3) is 0 Å². The van der Waals surface area contributed by atoms with Crippen molar-refractivity contribution in [3.63, 3.8) is 0 Å². The molecule has 0 radical (unpaired) electrons. The standard InChI is InChI=1S/C19H28N4O2/c1-22-17(13-8-9-13)11-14(21-22)12-20-19(25)15-5-2-3-6-16(15)23-10-4-7-18(23)24/h11,13,15-16H,2-10,12H2,1H3,(H,20,25)/t15-,16+/m1/s1. The fraction of sp³-hybridized carbons (Fsp3) is 0.737. The van der Waals surface area contributed by atoms with Crippen LogP contribution in [0, 0.1) is 5.92 Å². The summed E-state index contributed by atoms with van der Waals surface area (Å²) in [6.07, 6.45) is 8.10. The van der Waals surface area contributed by atoms with Crippen molar-refractivity contribution in [1.29, 1.82) is 0 Å². The van der Waals surface area contributed by atoms with Crippen LogP contribution in [0.1, 0.15) is 68.7 Å². The van der Waals surface area contributed by atoms with Crippen molar-refractivity contribution in [3.8, 4) is 0 Å². The smallest absolute Gasteiger partial charge is 0.225 e. The maximum atomic E-state index is 12.8. The molecule has 3 aliphatic rings. The maximum Gasteiger partial charge on any atom is 0.225 e. The van der Waals surface area contributed by atoms with Crippen LogP contribution in [0.15, 0.2) is 6.07 Å². The van der Waals surface area contributed by atoms with Crippen molar-refractivity contribution in [1.82, 2.24) is 20.0 Å². The number of aromatic nitrogens is 2. The van der Waals surface area contributed by atoms with Gasteiger partial charge < -0.3 is 10.2 Å². The van der Waals surface area contributed by atoms with E-state index >= 15 is 0 Å². The van der Waals surface area contributed by atoms with Crippen LogP contribution in [0.4, 0.5) is 0 Å². The van der Waals surface area contributed by atoms with Crippen molar-refractivity contribution in [2.24, 2.45) is 13.0 Å². The van der Waals surface area contributed by atoms with Gasteiger partial charge in [0, 0.05) is 37.7 Å². The second-order valence-electron chi connectivity index (χ2n) is 7.83. The second-order valence-corrected chi connectivity index (χ2v) is 7.83. The predicted octanol–water partition coefficient (Wildman–Crippen LogP) is 2.09. The molecule has 2 amide bonds. The van der Waals surface area contributed by atoms with Gasteiger partial charge in [0.05, 0.1) is 18.2 Å². The molecule has 136 valence electrons. The zero-order valence-electron chi connectivity index (χ0n) is 15.0. The van der Waals surface area contributed by atoms with Crippen molar-refractivity contribution < 1.29 is 9.59 Å². The Morgan fingerprint density at radius 1 is 1.24 bits per heavy atom. The fourth-order valence-corrected chi connectivity index (χ4v) is 4.51. The Bertz CT molecular complexity index is 664. The van der Waals surface area contributed by atoms with E-state index in [1.807, 2.05) is 16.6 Å². The van der Waals surface area contributed by atoms with Gasteiger partial charge in [0.15, 0.2) is 0 Å². The zero-order valence-corrected chi connectivity index (χ0v) is 15.0. The summed E-state index contributed by atoms with van der Waals surface area (Å²) in [6, 6.07) is 2.22. The number of hydrogen-bond donors (Lipinski definition) is 1. The Hall–Kier alpha value is -1.85. The highest BCUT2D eigenvalue weighted by atomic mass is 16.2. The van der Waals surface area contributed by atoms with Gasteiger partial charge in [-0.1, -0.05) is 12.8 Å². The molecular formula is C19H28N4O2. The third kappa shape index (κ3) is 3.44. The molecule has 1 aliphatic heterocycles. The minimum absolute atomic E-state index is 0.0672. The molecule has 2 atom stereocenters. The molecule has 0 unspecified atom stereocenters. The van der Waals surface area contributed by atoms with Crippen LogP contribution >= 0.6 is 0 Å². The van der Waals surface area contributed by atoms with Crippen molar-refractivity contribution in [2.75, 3.05) is 6.54 Å². The molecule has 4 rings (SSSR count). The molecule has 25 heavy (non-hydrogen) atoms. The predicted molar refractivity (Wildman–Crippen MR) is 93.7 cm³/mol. The van der Waals surface area contributed by atoms with Crippen LogP contribution in [0.3, 0.4) is 0 Å². The van der Waals surface area contributed by atoms with E-state index in [1.54, 1.807) is 0 Å². The van der Waals surface area contributed by atoms with Crippen LogP contribution in [0.5, 0.6) is 0 Å². The van der Waals surface area contributed by atoms with E-state index in [9.17, 15) is 9.59 Å². The molecule has 3 fully saturated rings. The number of rotatable bonds is 5. The van der Waals surface area contributed by atoms with Gasteiger partial charge in [0.1, 0.15) is 0 Å². The second kappa shape index (κ2) is 6.81. The van der Waals surface area contributed by atoms with Crippen molar-refractivity contribution >= 4 is 11.8 Å². The Kier molecular flexibility index (Phi) is 4.52. The summed E-state index contributed by atoms with van der Waals surface area (Å²) in [5.41, 5.74) is 2.21. The number of amides is 2. The highest BCUT2D eigenvalue weighted by Gasteiger charge is 2.38. The summed E-state index contributed by atoms with van der Waals surface area (Å²) < 4.78 is 1.95. The van der Waals surface area contributed by atoms with Gasteiger partial charge in [-0.15, -0.1) is 0 Å². The number of nitrogens with zero attached hydrogens (tertiary/aromatic N) is 3. The topological polar surface area (TPSA) is 67.2 Å². The van der Waals surface area contributed by atoms with E-state index < -0.39 is 0 Å². The molecule has 2 saturated carbocycles. The quantitative estimate of drug-likeness (QED) is 0.889.